The van der Waals surface area contributed by atoms with Crippen molar-refractivity contribution in [2.45, 2.75) is 13.0 Å². The number of hydrogen-bond acceptors (Lipinski definition) is 3. The minimum Gasteiger partial charge on any atom is -0.489 e. The van der Waals surface area contributed by atoms with E-state index < -0.39 is 0 Å². The minimum absolute atomic E-state index is 0.195. The molecular weight excluding hydrogens is 250 g/mol. The molecule has 0 spiro atoms. The van der Waals surface area contributed by atoms with Crippen LogP contribution in [0.25, 0.3) is 0 Å². The molecule has 4 N–H and O–H groups in total. The maximum absolute atomic E-state index is 7.15. The van der Waals surface area contributed by atoms with Crippen molar-refractivity contribution in [3.63, 3.8) is 0 Å². The standard InChI is InChI=1S/C16H19N3O/c17-16(18)10-11-19-14-6-8-15(9-7-14)20-12-13-4-2-1-3-5-13/h1-9,19H,10-12H2,(H3,17,18). The van der Waals surface area contributed by atoms with Crippen LogP contribution in [0, 0.1) is 5.41 Å². The molecule has 0 aliphatic carbocycles. The maximum atomic E-state index is 7.15. The van der Waals surface area contributed by atoms with Gasteiger partial charge < -0.3 is 15.8 Å². The van der Waals surface area contributed by atoms with E-state index in [4.69, 9.17) is 15.9 Å². The fraction of sp³-hybridized carbons (Fsp3) is 0.188. The zero-order valence-corrected chi connectivity index (χ0v) is 11.3. The van der Waals surface area contributed by atoms with Gasteiger partial charge in [-0.3, -0.25) is 5.41 Å². The lowest BCUT2D eigenvalue weighted by molar-refractivity contribution is 0.306. The van der Waals surface area contributed by atoms with Crippen LogP contribution in [0.15, 0.2) is 54.6 Å². The second-order valence-corrected chi connectivity index (χ2v) is 4.50. The molecule has 104 valence electrons. The molecule has 4 nitrogen and oxygen atoms in total. The number of anilines is 1. The molecule has 0 radical (unpaired) electrons. The van der Waals surface area contributed by atoms with Crippen molar-refractivity contribution in [3.8, 4) is 5.75 Å². The summed E-state index contributed by atoms with van der Waals surface area (Å²) < 4.78 is 5.71. The van der Waals surface area contributed by atoms with Crippen LogP contribution in [0.1, 0.15) is 12.0 Å². The predicted molar refractivity (Wildman–Crippen MR) is 82.2 cm³/mol. The summed E-state index contributed by atoms with van der Waals surface area (Å²) in [7, 11) is 0. The molecule has 0 aliphatic rings. The summed E-state index contributed by atoms with van der Waals surface area (Å²) in [5.41, 5.74) is 7.45. The van der Waals surface area contributed by atoms with E-state index >= 15 is 0 Å². The van der Waals surface area contributed by atoms with Gasteiger partial charge in [0.1, 0.15) is 12.4 Å². The number of nitrogens with one attached hydrogen (secondary N) is 2. The molecular formula is C16H19N3O. The van der Waals surface area contributed by atoms with E-state index in [1.807, 2.05) is 54.6 Å². The summed E-state index contributed by atoms with van der Waals surface area (Å²) in [6, 6.07) is 17.8. The van der Waals surface area contributed by atoms with E-state index in [-0.39, 0.29) is 5.84 Å². The Kier molecular flexibility index (Phi) is 5.00. The van der Waals surface area contributed by atoms with Crippen molar-refractivity contribution < 1.29 is 4.74 Å². The number of benzene rings is 2. The van der Waals surface area contributed by atoms with E-state index in [9.17, 15) is 0 Å². The van der Waals surface area contributed by atoms with E-state index in [0.717, 1.165) is 17.0 Å². The van der Waals surface area contributed by atoms with Crippen molar-refractivity contribution in [1.82, 2.24) is 0 Å². The van der Waals surface area contributed by atoms with Crippen LogP contribution < -0.4 is 15.8 Å². The van der Waals surface area contributed by atoms with Gasteiger partial charge in [0.2, 0.25) is 0 Å². The van der Waals surface area contributed by atoms with Crippen molar-refractivity contribution in [1.29, 1.82) is 5.41 Å². The average Bonchev–Trinajstić information content (AvgIpc) is 2.47. The molecule has 0 bridgehead atoms. The zero-order chi connectivity index (χ0) is 14.2. The third-order valence-electron chi connectivity index (χ3n) is 2.83. The SMILES string of the molecule is N=C(N)CCNc1ccc(OCc2ccccc2)cc1. The van der Waals surface area contributed by atoms with Crippen LogP contribution in [-0.2, 0) is 6.61 Å². The van der Waals surface area contributed by atoms with Gasteiger partial charge in [-0.05, 0) is 29.8 Å². The van der Waals surface area contributed by atoms with Gasteiger partial charge in [0.05, 0.1) is 5.84 Å². The molecule has 2 rings (SSSR count). The Balaban J connectivity index is 1.81. The molecule has 20 heavy (non-hydrogen) atoms. The van der Waals surface area contributed by atoms with Gasteiger partial charge in [-0.15, -0.1) is 0 Å². The Labute approximate surface area is 119 Å². The number of amidine groups is 1. The lowest BCUT2D eigenvalue weighted by atomic mass is 10.2. The van der Waals surface area contributed by atoms with Crippen LogP contribution in [0.4, 0.5) is 5.69 Å². The molecule has 0 saturated carbocycles. The zero-order valence-electron chi connectivity index (χ0n) is 11.3. The Morgan fingerprint density at radius 2 is 1.75 bits per heavy atom. The highest BCUT2D eigenvalue weighted by Gasteiger charge is 1.97. The highest BCUT2D eigenvalue weighted by atomic mass is 16.5. The lowest BCUT2D eigenvalue weighted by Crippen LogP contribution is -2.15. The Morgan fingerprint density at radius 1 is 1.05 bits per heavy atom. The first-order chi connectivity index (χ1) is 9.74. The molecule has 0 amide bonds. The number of nitrogens with two attached hydrogens (primary N) is 1. The van der Waals surface area contributed by atoms with E-state index in [2.05, 4.69) is 5.32 Å². The average molecular weight is 269 g/mol. The van der Waals surface area contributed by atoms with E-state index in [1.165, 1.54) is 0 Å². The molecule has 2 aromatic rings. The largest absolute Gasteiger partial charge is 0.489 e. The van der Waals surface area contributed by atoms with Gasteiger partial charge in [0, 0.05) is 18.7 Å². The third kappa shape index (κ3) is 4.65. The van der Waals surface area contributed by atoms with Gasteiger partial charge in [-0.2, -0.15) is 0 Å². The van der Waals surface area contributed by atoms with Crippen LogP contribution in [0.2, 0.25) is 0 Å². The summed E-state index contributed by atoms with van der Waals surface area (Å²) >= 11 is 0. The Morgan fingerprint density at radius 3 is 2.40 bits per heavy atom. The minimum atomic E-state index is 0.195. The van der Waals surface area contributed by atoms with E-state index in [1.54, 1.807) is 0 Å². The normalized spacial score (nSPS) is 10.0. The van der Waals surface area contributed by atoms with Crippen LogP contribution in [0.3, 0.4) is 0 Å². The number of rotatable bonds is 7. The van der Waals surface area contributed by atoms with Crippen molar-refractivity contribution in [2.75, 3.05) is 11.9 Å². The fourth-order valence-electron chi connectivity index (χ4n) is 1.75. The second-order valence-electron chi connectivity index (χ2n) is 4.50. The molecule has 4 heteroatoms. The van der Waals surface area contributed by atoms with Gasteiger partial charge >= 0.3 is 0 Å². The maximum Gasteiger partial charge on any atom is 0.119 e. The van der Waals surface area contributed by atoms with Crippen molar-refractivity contribution >= 4 is 11.5 Å². The van der Waals surface area contributed by atoms with Crippen LogP contribution in [0.5, 0.6) is 5.75 Å². The number of ether oxygens (including phenoxy) is 1. The van der Waals surface area contributed by atoms with Crippen molar-refractivity contribution in [3.05, 3.63) is 60.2 Å². The molecule has 0 unspecified atom stereocenters. The Hall–Kier alpha value is -2.49. The highest BCUT2D eigenvalue weighted by Crippen LogP contribution is 2.17. The van der Waals surface area contributed by atoms with Gasteiger partial charge in [-0.1, -0.05) is 30.3 Å². The molecule has 0 atom stereocenters. The molecule has 2 aromatic carbocycles. The van der Waals surface area contributed by atoms with Gasteiger partial charge in [-0.25, -0.2) is 0 Å². The smallest absolute Gasteiger partial charge is 0.119 e. The monoisotopic (exact) mass is 269 g/mol. The first kappa shape index (κ1) is 13.9. The molecule has 0 heterocycles. The van der Waals surface area contributed by atoms with E-state index in [0.29, 0.717) is 19.6 Å². The quantitative estimate of drug-likeness (QED) is 0.534. The lowest BCUT2D eigenvalue weighted by Gasteiger charge is -2.09. The topological polar surface area (TPSA) is 71.1 Å². The number of hydrogen-bond donors (Lipinski definition) is 3. The van der Waals surface area contributed by atoms with Crippen LogP contribution in [-0.4, -0.2) is 12.4 Å². The third-order valence-corrected chi connectivity index (χ3v) is 2.83. The summed E-state index contributed by atoms with van der Waals surface area (Å²) in [6.07, 6.45) is 0.548. The fourth-order valence-corrected chi connectivity index (χ4v) is 1.75. The summed E-state index contributed by atoms with van der Waals surface area (Å²) in [5.74, 6) is 1.03. The first-order valence-corrected chi connectivity index (χ1v) is 6.57. The van der Waals surface area contributed by atoms with Crippen molar-refractivity contribution in [2.24, 2.45) is 5.73 Å². The molecule has 0 aliphatic heterocycles. The molecule has 0 aromatic heterocycles. The molecule has 0 saturated heterocycles. The van der Waals surface area contributed by atoms with Gasteiger partial charge in [0.15, 0.2) is 0 Å². The first-order valence-electron chi connectivity index (χ1n) is 6.57. The summed E-state index contributed by atoms with van der Waals surface area (Å²) in [5, 5.41) is 10.3. The van der Waals surface area contributed by atoms with Gasteiger partial charge in [0.25, 0.3) is 0 Å². The second kappa shape index (κ2) is 7.19. The van der Waals surface area contributed by atoms with Crippen LogP contribution >= 0.6 is 0 Å². The summed E-state index contributed by atoms with van der Waals surface area (Å²) in [6.45, 7) is 1.23. The highest BCUT2D eigenvalue weighted by molar-refractivity contribution is 5.77. The predicted octanol–water partition coefficient (Wildman–Crippen LogP) is 3.00. The summed E-state index contributed by atoms with van der Waals surface area (Å²) in [4.78, 5) is 0. The molecule has 0 fully saturated rings. The Bertz CT molecular complexity index is 537.